The van der Waals surface area contributed by atoms with Crippen LogP contribution in [0.15, 0.2) is 41.3 Å². The van der Waals surface area contributed by atoms with Crippen molar-refractivity contribution >= 4 is 23.2 Å². The molecule has 2 nitrogen and oxygen atoms in total. The largest absolute Gasteiger partial charge is 0.492 e. The quantitative estimate of drug-likeness (QED) is 0.736. The van der Waals surface area contributed by atoms with Crippen molar-refractivity contribution in [3.8, 4) is 5.75 Å². The van der Waals surface area contributed by atoms with Crippen molar-refractivity contribution < 1.29 is 13.9 Å². The van der Waals surface area contributed by atoms with Crippen LogP contribution in [0.2, 0.25) is 0 Å². The zero-order valence-corrected chi connectivity index (χ0v) is 10.9. The van der Waals surface area contributed by atoms with Crippen LogP contribution in [0.1, 0.15) is 21.7 Å². The fourth-order valence-electron chi connectivity index (χ4n) is 2.05. The van der Waals surface area contributed by atoms with Crippen LogP contribution in [-0.4, -0.2) is 12.4 Å². The van der Waals surface area contributed by atoms with E-state index >= 15 is 0 Å². The average Bonchev–Trinajstić information content (AvgIpc) is 2.86. The van der Waals surface area contributed by atoms with E-state index in [1.165, 1.54) is 18.2 Å². The van der Waals surface area contributed by atoms with E-state index < -0.39 is 5.82 Å². The minimum atomic E-state index is -0.423. The molecule has 1 aliphatic heterocycles. The molecule has 4 heteroatoms. The maximum Gasteiger partial charge on any atom is 0.193 e. The summed E-state index contributed by atoms with van der Waals surface area (Å²) in [5.74, 6) is -0.116. The Bertz CT molecular complexity index is 644. The molecule has 1 aliphatic rings. The number of hydrogen-bond donors (Lipinski definition) is 0. The van der Waals surface area contributed by atoms with E-state index in [2.05, 4.69) is 0 Å². The highest BCUT2D eigenvalue weighted by atomic mass is 32.1. The Morgan fingerprint density at radius 3 is 3.00 bits per heavy atom. The molecule has 19 heavy (non-hydrogen) atoms. The van der Waals surface area contributed by atoms with E-state index in [-0.39, 0.29) is 5.78 Å². The summed E-state index contributed by atoms with van der Waals surface area (Å²) in [6.45, 7) is 0.432. The minimum absolute atomic E-state index is 0.152. The Morgan fingerprint density at radius 2 is 2.21 bits per heavy atom. The van der Waals surface area contributed by atoms with Gasteiger partial charge in [0.2, 0.25) is 0 Å². The molecule has 0 unspecified atom stereocenters. The number of Topliss-reactive ketones (excluding diaryl/α,β-unsaturated/α-hetero) is 1. The van der Waals surface area contributed by atoms with E-state index in [1.807, 2.05) is 23.6 Å². The van der Waals surface area contributed by atoms with Crippen molar-refractivity contribution in [1.82, 2.24) is 0 Å². The molecule has 0 spiro atoms. The molecular weight excluding hydrogens is 263 g/mol. The smallest absolute Gasteiger partial charge is 0.193 e. The molecule has 96 valence electrons. The van der Waals surface area contributed by atoms with E-state index in [1.54, 1.807) is 11.3 Å². The number of rotatable bonds is 1. The number of benzene rings is 1. The van der Waals surface area contributed by atoms with Crippen molar-refractivity contribution in [2.24, 2.45) is 0 Å². The number of halogens is 1. The van der Waals surface area contributed by atoms with Crippen molar-refractivity contribution in [2.75, 3.05) is 6.61 Å². The third-order valence-corrected chi connectivity index (χ3v) is 3.79. The molecule has 3 rings (SSSR count). The zero-order valence-electron chi connectivity index (χ0n) is 10.1. The third-order valence-electron chi connectivity index (χ3n) is 2.97. The SMILES string of the molecule is O=C1/C(=C\c2cccs2)CCOc2ccc(F)cc21. The predicted octanol–water partition coefficient (Wildman–Crippen LogP) is 3.94. The highest BCUT2D eigenvalue weighted by Crippen LogP contribution is 2.28. The van der Waals surface area contributed by atoms with Gasteiger partial charge < -0.3 is 4.74 Å². The van der Waals surface area contributed by atoms with Gasteiger partial charge in [0.05, 0.1) is 12.2 Å². The highest BCUT2D eigenvalue weighted by Gasteiger charge is 2.21. The first-order valence-electron chi connectivity index (χ1n) is 5.95. The normalized spacial score (nSPS) is 16.9. The lowest BCUT2D eigenvalue weighted by Gasteiger charge is -2.04. The van der Waals surface area contributed by atoms with Gasteiger partial charge in [-0.25, -0.2) is 4.39 Å². The maximum absolute atomic E-state index is 13.3. The maximum atomic E-state index is 13.3. The second-order valence-corrected chi connectivity index (χ2v) is 5.23. The molecule has 0 saturated heterocycles. The molecule has 0 N–H and O–H groups in total. The van der Waals surface area contributed by atoms with Gasteiger partial charge in [-0.05, 0) is 35.7 Å². The van der Waals surface area contributed by atoms with E-state index in [4.69, 9.17) is 4.74 Å². The first-order chi connectivity index (χ1) is 9.24. The second-order valence-electron chi connectivity index (χ2n) is 4.25. The summed E-state index contributed by atoms with van der Waals surface area (Å²) in [7, 11) is 0. The number of carbonyl (C=O) groups is 1. The van der Waals surface area contributed by atoms with Crippen molar-refractivity contribution in [2.45, 2.75) is 6.42 Å². The summed E-state index contributed by atoms with van der Waals surface area (Å²) < 4.78 is 18.8. The molecule has 1 aromatic heterocycles. The van der Waals surface area contributed by atoms with Gasteiger partial charge in [-0.15, -0.1) is 11.3 Å². The van der Waals surface area contributed by atoms with Gasteiger partial charge in [0.25, 0.3) is 0 Å². The van der Waals surface area contributed by atoms with Gasteiger partial charge >= 0.3 is 0 Å². The molecule has 0 saturated carbocycles. The van der Waals surface area contributed by atoms with E-state index in [9.17, 15) is 9.18 Å². The van der Waals surface area contributed by atoms with Crippen LogP contribution in [0.5, 0.6) is 5.75 Å². The molecule has 0 amide bonds. The first-order valence-corrected chi connectivity index (χ1v) is 6.83. The van der Waals surface area contributed by atoms with Crippen LogP contribution in [-0.2, 0) is 0 Å². The van der Waals surface area contributed by atoms with Crippen LogP contribution in [0.3, 0.4) is 0 Å². The van der Waals surface area contributed by atoms with Crippen LogP contribution < -0.4 is 4.74 Å². The minimum Gasteiger partial charge on any atom is -0.492 e. The van der Waals surface area contributed by atoms with Crippen LogP contribution in [0.4, 0.5) is 4.39 Å². The lowest BCUT2D eigenvalue weighted by molar-refractivity contribution is 0.103. The van der Waals surface area contributed by atoms with Crippen molar-refractivity contribution in [1.29, 1.82) is 0 Å². The first kappa shape index (κ1) is 12.1. The van der Waals surface area contributed by atoms with Gasteiger partial charge in [0, 0.05) is 16.9 Å². The van der Waals surface area contributed by atoms with Crippen LogP contribution >= 0.6 is 11.3 Å². The number of ether oxygens (including phenoxy) is 1. The van der Waals surface area contributed by atoms with Gasteiger partial charge in [-0.1, -0.05) is 6.07 Å². The number of fused-ring (bicyclic) bond motifs is 1. The lowest BCUT2D eigenvalue weighted by Crippen LogP contribution is -2.02. The number of thiophene rings is 1. The Morgan fingerprint density at radius 1 is 1.32 bits per heavy atom. The molecule has 0 radical (unpaired) electrons. The monoisotopic (exact) mass is 274 g/mol. The molecule has 0 aliphatic carbocycles. The van der Waals surface area contributed by atoms with Gasteiger partial charge in [0.1, 0.15) is 11.6 Å². The van der Waals surface area contributed by atoms with E-state index in [0.29, 0.717) is 29.9 Å². The van der Waals surface area contributed by atoms with Crippen molar-refractivity contribution in [3.63, 3.8) is 0 Å². The number of ketones is 1. The Hall–Kier alpha value is -1.94. The summed E-state index contributed by atoms with van der Waals surface area (Å²) in [5.41, 5.74) is 0.965. The van der Waals surface area contributed by atoms with Crippen LogP contribution in [0, 0.1) is 5.82 Å². The Balaban J connectivity index is 2.04. The fourth-order valence-corrected chi connectivity index (χ4v) is 2.73. The molecule has 2 heterocycles. The summed E-state index contributed by atoms with van der Waals surface area (Å²) in [6, 6.07) is 7.94. The standard InChI is InChI=1S/C15H11FO2S/c16-11-3-4-14-13(9-11)15(17)10(5-6-18-14)8-12-2-1-7-19-12/h1-4,7-9H,5-6H2/b10-8-. The Labute approximate surface area is 114 Å². The lowest BCUT2D eigenvalue weighted by atomic mass is 10.0. The van der Waals surface area contributed by atoms with E-state index in [0.717, 1.165) is 4.88 Å². The molecule has 0 bridgehead atoms. The second kappa shape index (κ2) is 4.97. The molecule has 2 aromatic rings. The summed E-state index contributed by atoms with van der Waals surface area (Å²) >= 11 is 1.57. The van der Waals surface area contributed by atoms with Gasteiger partial charge in [0.15, 0.2) is 5.78 Å². The zero-order chi connectivity index (χ0) is 13.2. The molecule has 0 atom stereocenters. The van der Waals surface area contributed by atoms with Gasteiger partial charge in [-0.3, -0.25) is 4.79 Å². The average molecular weight is 274 g/mol. The van der Waals surface area contributed by atoms with Crippen molar-refractivity contribution in [3.05, 3.63) is 57.5 Å². The summed E-state index contributed by atoms with van der Waals surface area (Å²) in [4.78, 5) is 13.4. The summed E-state index contributed by atoms with van der Waals surface area (Å²) in [5, 5.41) is 1.96. The van der Waals surface area contributed by atoms with Gasteiger partial charge in [-0.2, -0.15) is 0 Å². The molecule has 1 aromatic carbocycles. The third kappa shape index (κ3) is 2.44. The number of hydrogen-bond acceptors (Lipinski definition) is 3. The Kier molecular flexibility index (Phi) is 3.17. The summed E-state index contributed by atoms with van der Waals surface area (Å²) in [6.07, 6.45) is 2.39. The molecule has 0 fully saturated rings. The fraction of sp³-hybridized carbons (Fsp3) is 0.133. The predicted molar refractivity (Wildman–Crippen MR) is 73.1 cm³/mol. The highest BCUT2D eigenvalue weighted by molar-refractivity contribution is 7.10. The number of carbonyl (C=O) groups excluding carboxylic acids is 1. The topological polar surface area (TPSA) is 26.3 Å². The van der Waals surface area contributed by atoms with Crippen LogP contribution in [0.25, 0.3) is 6.08 Å². The molecular formula is C15H11FO2S.